The Bertz CT molecular complexity index is 240. The molecular weight excluding hydrogens is 176 g/mol. The highest BCUT2D eigenvalue weighted by Gasteiger charge is 2.40. The molecule has 14 heavy (non-hydrogen) atoms. The number of carbonyl (C=O) groups is 1. The summed E-state index contributed by atoms with van der Waals surface area (Å²) in [5.74, 6) is 0.205. The Balaban J connectivity index is 2.90. The topological polar surface area (TPSA) is 32.3 Å². The van der Waals surface area contributed by atoms with Crippen LogP contribution in [0.15, 0.2) is 0 Å². The number of hydrogen-bond acceptors (Lipinski definition) is 2. The first-order valence-electron chi connectivity index (χ1n) is 5.23. The van der Waals surface area contributed by atoms with Gasteiger partial charge in [0.1, 0.15) is 0 Å². The van der Waals surface area contributed by atoms with E-state index >= 15 is 0 Å². The van der Waals surface area contributed by atoms with Crippen molar-refractivity contribution in [2.24, 2.45) is 0 Å². The standard InChI is InChI=1S/C11H22N2O/c1-8-9(14)13(10(2,3)4)7-11(5,6)12-8/h8,12H,7H2,1-6H3. The zero-order valence-electron chi connectivity index (χ0n) is 10.1. The Morgan fingerprint density at radius 3 is 2.36 bits per heavy atom. The van der Waals surface area contributed by atoms with Crippen molar-refractivity contribution in [2.45, 2.75) is 58.7 Å². The third-order valence-corrected chi connectivity index (χ3v) is 2.61. The Morgan fingerprint density at radius 2 is 1.93 bits per heavy atom. The lowest BCUT2D eigenvalue weighted by atomic mass is 9.93. The van der Waals surface area contributed by atoms with Gasteiger partial charge in [0.2, 0.25) is 5.91 Å². The molecule has 0 radical (unpaired) electrons. The fraction of sp³-hybridized carbons (Fsp3) is 0.909. The van der Waals surface area contributed by atoms with Crippen molar-refractivity contribution in [1.29, 1.82) is 0 Å². The van der Waals surface area contributed by atoms with E-state index in [2.05, 4.69) is 39.9 Å². The molecule has 1 N–H and O–H groups in total. The van der Waals surface area contributed by atoms with E-state index in [0.717, 1.165) is 6.54 Å². The maximum absolute atomic E-state index is 11.9. The van der Waals surface area contributed by atoms with Gasteiger partial charge < -0.3 is 4.90 Å². The monoisotopic (exact) mass is 198 g/mol. The van der Waals surface area contributed by atoms with E-state index in [0.29, 0.717) is 0 Å². The summed E-state index contributed by atoms with van der Waals surface area (Å²) in [6, 6.07) is -0.0713. The highest BCUT2D eigenvalue weighted by Crippen LogP contribution is 2.22. The Morgan fingerprint density at radius 1 is 1.43 bits per heavy atom. The largest absolute Gasteiger partial charge is 0.335 e. The van der Waals surface area contributed by atoms with E-state index in [4.69, 9.17) is 0 Å². The summed E-state index contributed by atoms with van der Waals surface area (Å²) in [6.07, 6.45) is 0. The van der Waals surface area contributed by atoms with Crippen LogP contribution in [0, 0.1) is 0 Å². The predicted molar refractivity (Wildman–Crippen MR) is 58.1 cm³/mol. The number of nitrogens with one attached hydrogen (secondary N) is 1. The van der Waals surface area contributed by atoms with Gasteiger partial charge in [-0.3, -0.25) is 10.1 Å². The SMILES string of the molecule is CC1NC(C)(C)CN(C(C)(C)C)C1=O. The summed E-state index contributed by atoms with van der Waals surface area (Å²) < 4.78 is 0. The minimum atomic E-state index is -0.0787. The predicted octanol–water partition coefficient (Wildman–Crippen LogP) is 1.38. The second kappa shape index (κ2) is 3.23. The number of hydrogen-bond donors (Lipinski definition) is 1. The smallest absolute Gasteiger partial charge is 0.239 e. The fourth-order valence-corrected chi connectivity index (χ4v) is 1.97. The van der Waals surface area contributed by atoms with Gasteiger partial charge in [-0.15, -0.1) is 0 Å². The van der Waals surface area contributed by atoms with Gasteiger partial charge in [-0.2, -0.15) is 0 Å². The van der Waals surface area contributed by atoms with Crippen LogP contribution in [0.5, 0.6) is 0 Å². The summed E-state index contributed by atoms with van der Waals surface area (Å²) in [5, 5.41) is 3.32. The maximum atomic E-state index is 11.9. The number of piperazine rings is 1. The van der Waals surface area contributed by atoms with Crippen molar-refractivity contribution in [3.63, 3.8) is 0 Å². The summed E-state index contributed by atoms with van der Waals surface area (Å²) in [6.45, 7) is 13.2. The van der Waals surface area contributed by atoms with Crippen LogP contribution in [0.4, 0.5) is 0 Å². The van der Waals surface area contributed by atoms with Crippen LogP contribution in [-0.2, 0) is 4.79 Å². The third-order valence-electron chi connectivity index (χ3n) is 2.61. The molecular formula is C11H22N2O. The molecule has 1 aliphatic heterocycles. The highest BCUT2D eigenvalue weighted by atomic mass is 16.2. The second-order valence-corrected chi connectivity index (χ2v) is 5.85. The first kappa shape index (κ1) is 11.5. The molecule has 1 aliphatic rings. The third kappa shape index (κ3) is 2.27. The highest BCUT2D eigenvalue weighted by molar-refractivity contribution is 5.83. The van der Waals surface area contributed by atoms with E-state index < -0.39 is 0 Å². The number of rotatable bonds is 0. The van der Waals surface area contributed by atoms with Crippen molar-refractivity contribution >= 4 is 5.91 Å². The summed E-state index contributed by atoms with van der Waals surface area (Å²) >= 11 is 0. The van der Waals surface area contributed by atoms with Gasteiger partial charge in [-0.1, -0.05) is 0 Å². The first-order chi connectivity index (χ1) is 6.13. The van der Waals surface area contributed by atoms with Crippen molar-refractivity contribution < 1.29 is 4.79 Å². The van der Waals surface area contributed by atoms with E-state index in [-0.39, 0.29) is 23.0 Å². The van der Waals surface area contributed by atoms with Gasteiger partial charge in [0.25, 0.3) is 0 Å². The van der Waals surface area contributed by atoms with Gasteiger partial charge in [-0.25, -0.2) is 0 Å². The molecule has 0 aliphatic carbocycles. The molecule has 0 bridgehead atoms. The van der Waals surface area contributed by atoms with Crippen LogP contribution in [0.2, 0.25) is 0 Å². The Kier molecular flexibility index (Phi) is 2.65. The van der Waals surface area contributed by atoms with Gasteiger partial charge in [0.05, 0.1) is 6.04 Å². The molecule has 1 unspecified atom stereocenters. The molecule has 0 aromatic rings. The molecule has 0 aromatic heterocycles. The Hall–Kier alpha value is -0.570. The van der Waals surface area contributed by atoms with Crippen LogP contribution in [0.1, 0.15) is 41.5 Å². The van der Waals surface area contributed by atoms with Crippen LogP contribution in [-0.4, -0.2) is 34.5 Å². The number of carbonyl (C=O) groups excluding carboxylic acids is 1. The van der Waals surface area contributed by atoms with Gasteiger partial charge in [-0.05, 0) is 41.5 Å². The molecule has 0 aromatic carbocycles. The molecule has 1 amide bonds. The minimum Gasteiger partial charge on any atom is -0.335 e. The lowest BCUT2D eigenvalue weighted by Gasteiger charge is -2.48. The molecule has 1 heterocycles. The van der Waals surface area contributed by atoms with Crippen LogP contribution in [0.25, 0.3) is 0 Å². The zero-order valence-corrected chi connectivity index (χ0v) is 10.1. The molecule has 1 rings (SSSR count). The molecule has 3 heteroatoms. The number of amides is 1. The molecule has 3 nitrogen and oxygen atoms in total. The van der Waals surface area contributed by atoms with Crippen molar-refractivity contribution in [3.8, 4) is 0 Å². The first-order valence-corrected chi connectivity index (χ1v) is 5.23. The second-order valence-electron chi connectivity index (χ2n) is 5.85. The molecule has 1 atom stereocenters. The average Bonchev–Trinajstić information content (AvgIpc) is 1.93. The molecule has 1 saturated heterocycles. The number of nitrogens with zero attached hydrogens (tertiary/aromatic N) is 1. The average molecular weight is 198 g/mol. The molecule has 1 fully saturated rings. The summed E-state index contributed by atoms with van der Waals surface area (Å²) in [4.78, 5) is 13.9. The van der Waals surface area contributed by atoms with E-state index in [9.17, 15) is 4.79 Å². The van der Waals surface area contributed by atoms with Gasteiger partial charge in [0.15, 0.2) is 0 Å². The summed E-state index contributed by atoms with van der Waals surface area (Å²) in [5.41, 5.74) is -0.0642. The quantitative estimate of drug-likeness (QED) is 0.638. The lowest BCUT2D eigenvalue weighted by molar-refractivity contribution is -0.143. The molecule has 0 spiro atoms. The van der Waals surface area contributed by atoms with Gasteiger partial charge in [0, 0.05) is 17.6 Å². The maximum Gasteiger partial charge on any atom is 0.239 e. The van der Waals surface area contributed by atoms with Crippen LogP contribution < -0.4 is 5.32 Å². The molecule has 0 saturated carbocycles. The van der Waals surface area contributed by atoms with Gasteiger partial charge >= 0.3 is 0 Å². The Labute approximate surface area is 86.9 Å². The van der Waals surface area contributed by atoms with Crippen molar-refractivity contribution in [3.05, 3.63) is 0 Å². The minimum absolute atomic E-state index is 0.0145. The van der Waals surface area contributed by atoms with E-state index in [1.54, 1.807) is 0 Å². The van der Waals surface area contributed by atoms with E-state index in [1.807, 2.05) is 11.8 Å². The van der Waals surface area contributed by atoms with Crippen LogP contribution in [0.3, 0.4) is 0 Å². The lowest BCUT2D eigenvalue weighted by Crippen LogP contribution is -2.67. The van der Waals surface area contributed by atoms with Crippen LogP contribution >= 0.6 is 0 Å². The zero-order chi connectivity index (χ0) is 11.1. The molecule has 82 valence electrons. The summed E-state index contributed by atoms with van der Waals surface area (Å²) in [7, 11) is 0. The van der Waals surface area contributed by atoms with E-state index in [1.165, 1.54) is 0 Å². The normalized spacial score (nSPS) is 28.0. The van der Waals surface area contributed by atoms with Crippen molar-refractivity contribution in [2.75, 3.05) is 6.54 Å². The van der Waals surface area contributed by atoms with Crippen molar-refractivity contribution in [1.82, 2.24) is 10.2 Å². The fourth-order valence-electron chi connectivity index (χ4n) is 1.97.